The maximum absolute atomic E-state index is 12.8. The number of aryl methyl sites for hydroxylation is 1. The third kappa shape index (κ3) is 4.73. The molecule has 0 unspecified atom stereocenters. The minimum absolute atomic E-state index is 0.0119. The highest BCUT2D eigenvalue weighted by atomic mass is 35.5. The van der Waals surface area contributed by atoms with Crippen LogP contribution in [-0.2, 0) is 9.53 Å². The molecule has 1 aliphatic rings. The van der Waals surface area contributed by atoms with Crippen molar-refractivity contribution in [2.24, 2.45) is 0 Å². The standard InChI is InChI=1S/C24H16ClN3O7/c1-13-10-17(28(33)34)7-9-20(13)26-21(29)12-35-24(32)14-2-8-18-19(11-14)23(31)27(22(18)30)16-5-3-15(25)4-6-16/h2-11H,12H2,1H3,(H,26,29). The number of imide groups is 1. The van der Waals surface area contributed by atoms with Crippen molar-refractivity contribution in [3.05, 3.63) is 98.1 Å². The summed E-state index contributed by atoms with van der Waals surface area (Å²) < 4.78 is 5.03. The summed E-state index contributed by atoms with van der Waals surface area (Å²) in [6, 6.07) is 14.0. The smallest absolute Gasteiger partial charge is 0.338 e. The van der Waals surface area contributed by atoms with Gasteiger partial charge in [-0.25, -0.2) is 9.69 Å². The fourth-order valence-electron chi connectivity index (χ4n) is 3.49. The first kappa shape index (κ1) is 23.6. The van der Waals surface area contributed by atoms with Gasteiger partial charge in [0.05, 0.1) is 27.3 Å². The second-order valence-electron chi connectivity index (χ2n) is 7.56. The zero-order chi connectivity index (χ0) is 25.3. The van der Waals surface area contributed by atoms with Crippen LogP contribution in [-0.4, -0.2) is 35.2 Å². The topological polar surface area (TPSA) is 136 Å². The van der Waals surface area contributed by atoms with Crippen LogP contribution in [0.1, 0.15) is 36.6 Å². The number of carbonyl (C=O) groups is 4. The first-order valence-electron chi connectivity index (χ1n) is 10.2. The zero-order valence-corrected chi connectivity index (χ0v) is 18.9. The number of nitro benzene ring substituents is 1. The molecule has 0 saturated carbocycles. The van der Waals surface area contributed by atoms with E-state index < -0.39 is 35.2 Å². The molecule has 0 aliphatic carbocycles. The maximum atomic E-state index is 12.8. The second-order valence-corrected chi connectivity index (χ2v) is 8.00. The summed E-state index contributed by atoms with van der Waals surface area (Å²) in [7, 11) is 0. The van der Waals surface area contributed by atoms with E-state index in [9.17, 15) is 29.3 Å². The zero-order valence-electron chi connectivity index (χ0n) is 18.1. The largest absolute Gasteiger partial charge is 0.452 e. The number of nitrogens with one attached hydrogen (secondary N) is 1. The van der Waals surface area contributed by atoms with E-state index >= 15 is 0 Å². The number of nitro groups is 1. The minimum Gasteiger partial charge on any atom is -0.452 e. The summed E-state index contributed by atoms with van der Waals surface area (Å²) in [5.41, 5.74) is 1.17. The van der Waals surface area contributed by atoms with Crippen molar-refractivity contribution in [3.8, 4) is 0 Å². The normalized spacial score (nSPS) is 12.3. The Morgan fingerprint density at radius 3 is 2.34 bits per heavy atom. The minimum atomic E-state index is -0.867. The average molecular weight is 494 g/mol. The SMILES string of the molecule is Cc1cc([N+](=O)[O-])ccc1NC(=O)COC(=O)c1ccc2c(c1)C(=O)N(c1ccc(Cl)cc1)C2=O. The molecule has 0 spiro atoms. The Labute approximate surface area is 203 Å². The molecule has 35 heavy (non-hydrogen) atoms. The molecule has 3 amide bonds. The molecule has 0 saturated heterocycles. The van der Waals surface area contributed by atoms with E-state index in [2.05, 4.69) is 5.32 Å². The fourth-order valence-corrected chi connectivity index (χ4v) is 3.62. The molecule has 0 fully saturated rings. The van der Waals surface area contributed by atoms with E-state index in [-0.39, 0.29) is 22.4 Å². The molecule has 1 aliphatic heterocycles. The summed E-state index contributed by atoms with van der Waals surface area (Å²) in [5, 5.41) is 13.8. The first-order chi connectivity index (χ1) is 16.7. The molecule has 11 heteroatoms. The quantitative estimate of drug-likeness (QED) is 0.236. The van der Waals surface area contributed by atoms with Gasteiger partial charge in [-0.15, -0.1) is 0 Å². The van der Waals surface area contributed by atoms with Gasteiger partial charge in [0.1, 0.15) is 0 Å². The summed E-state index contributed by atoms with van der Waals surface area (Å²) in [5.74, 6) is -2.66. The molecule has 0 radical (unpaired) electrons. The van der Waals surface area contributed by atoms with Crippen molar-refractivity contribution in [3.63, 3.8) is 0 Å². The number of carbonyl (C=O) groups excluding carboxylic acids is 4. The summed E-state index contributed by atoms with van der Waals surface area (Å²) in [4.78, 5) is 61.5. The lowest BCUT2D eigenvalue weighted by molar-refractivity contribution is -0.384. The number of rotatable bonds is 6. The van der Waals surface area contributed by atoms with Crippen molar-refractivity contribution >= 4 is 52.4 Å². The van der Waals surface area contributed by atoms with Crippen LogP contribution in [0, 0.1) is 17.0 Å². The molecule has 4 rings (SSSR count). The number of hydrogen-bond acceptors (Lipinski definition) is 7. The number of nitrogens with zero attached hydrogens (tertiary/aromatic N) is 2. The highest BCUT2D eigenvalue weighted by Crippen LogP contribution is 2.30. The van der Waals surface area contributed by atoms with E-state index in [4.69, 9.17) is 16.3 Å². The molecule has 176 valence electrons. The highest BCUT2D eigenvalue weighted by Gasteiger charge is 2.37. The van der Waals surface area contributed by atoms with Crippen molar-refractivity contribution in [1.82, 2.24) is 0 Å². The van der Waals surface area contributed by atoms with Gasteiger partial charge in [0.2, 0.25) is 0 Å². The molecule has 1 heterocycles. The fraction of sp³-hybridized carbons (Fsp3) is 0.0833. The number of non-ortho nitro benzene ring substituents is 1. The molecule has 0 atom stereocenters. The van der Waals surface area contributed by atoms with Gasteiger partial charge in [0, 0.05) is 22.8 Å². The predicted octanol–water partition coefficient (Wildman–Crippen LogP) is 4.15. The molecule has 0 bridgehead atoms. The lowest BCUT2D eigenvalue weighted by Gasteiger charge is -2.13. The monoisotopic (exact) mass is 493 g/mol. The van der Waals surface area contributed by atoms with Crippen LogP contribution in [0.5, 0.6) is 0 Å². The molecule has 3 aromatic rings. The Balaban J connectivity index is 1.42. The van der Waals surface area contributed by atoms with Gasteiger partial charge in [-0.1, -0.05) is 11.6 Å². The first-order valence-corrected chi connectivity index (χ1v) is 10.5. The van der Waals surface area contributed by atoms with E-state index in [1.807, 2.05) is 0 Å². The average Bonchev–Trinajstić information content (AvgIpc) is 3.08. The number of halogens is 1. The third-order valence-corrected chi connectivity index (χ3v) is 5.49. The van der Waals surface area contributed by atoms with Crippen LogP contribution in [0.25, 0.3) is 0 Å². The number of esters is 1. The Hall–Kier alpha value is -4.57. The number of benzene rings is 3. The van der Waals surface area contributed by atoms with Crippen LogP contribution in [0.4, 0.5) is 17.1 Å². The summed E-state index contributed by atoms with van der Waals surface area (Å²) >= 11 is 5.87. The van der Waals surface area contributed by atoms with Crippen LogP contribution >= 0.6 is 11.6 Å². The molecular weight excluding hydrogens is 478 g/mol. The van der Waals surface area contributed by atoms with E-state index in [0.29, 0.717) is 22.0 Å². The maximum Gasteiger partial charge on any atom is 0.338 e. The van der Waals surface area contributed by atoms with Crippen molar-refractivity contribution in [1.29, 1.82) is 0 Å². The van der Waals surface area contributed by atoms with Crippen LogP contribution in [0.15, 0.2) is 60.7 Å². The molecule has 3 aromatic carbocycles. The molecule has 0 aromatic heterocycles. The Morgan fingerprint density at radius 2 is 1.69 bits per heavy atom. The Kier molecular flexibility index (Phi) is 6.30. The van der Waals surface area contributed by atoms with E-state index in [1.165, 1.54) is 48.5 Å². The van der Waals surface area contributed by atoms with Crippen LogP contribution in [0.3, 0.4) is 0 Å². The molecule has 1 N–H and O–H groups in total. The lowest BCUT2D eigenvalue weighted by Crippen LogP contribution is -2.29. The number of fused-ring (bicyclic) bond motifs is 1. The van der Waals surface area contributed by atoms with Crippen molar-refractivity contribution in [2.45, 2.75) is 6.92 Å². The number of hydrogen-bond donors (Lipinski definition) is 1. The number of anilines is 2. The molecular formula is C24H16ClN3O7. The van der Waals surface area contributed by atoms with Gasteiger partial charge in [-0.3, -0.25) is 24.5 Å². The summed E-state index contributed by atoms with van der Waals surface area (Å²) in [6.45, 7) is 0.959. The van der Waals surface area contributed by atoms with Gasteiger partial charge in [0.25, 0.3) is 23.4 Å². The molecule has 10 nitrogen and oxygen atoms in total. The van der Waals surface area contributed by atoms with Gasteiger partial charge >= 0.3 is 5.97 Å². The lowest BCUT2D eigenvalue weighted by atomic mass is 10.1. The van der Waals surface area contributed by atoms with Gasteiger partial charge < -0.3 is 10.1 Å². The van der Waals surface area contributed by atoms with E-state index in [1.54, 1.807) is 19.1 Å². The third-order valence-electron chi connectivity index (χ3n) is 5.24. The number of ether oxygens (including phenoxy) is 1. The Morgan fingerprint density at radius 1 is 1.00 bits per heavy atom. The van der Waals surface area contributed by atoms with Crippen LogP contribution in [0.2, 0.25) is 5.02 Å². The van der Waals surface area contributed by atoms with Crippen molar-refractivity contribution in [2.75, 3.05) is 16.8 Å². The second kappa shape index (κ2) is 9.35. The van der Waals surface area contributed by atoms with Gasteiger partial charge in [-0.05, 0) is 61.0 Å². The van der Waals surface area contributed by atoms with E-state index in [0.717, 1.165) is 4.90 Å². The van der Waals surface area contributed by atoms with Crippen LogP contribution < -0.4 is 10.2 Å². The van der Waals surface area contributed by atoms with Crippen molar-refractivity contribution < 1.29 is 28.8 Å². The van der Waals surface area contributed by atoms with Gasteiger partial charge in [0.15, 0.2) is 6.61 Å². The summed E-state index contributed by atoms with van der Waals surface area (Å²) in [6.07, 6.45) is 0. The highest BCUT2D eigenvalue weighted by molar-refractivity contribution is 6.35. The predicted molar refractivity (Wildman–Crippen MR) is 126 cm³/mol. The van der Waals surface area contributed by atoms with Gasteiger partial charge in [-0.2, -0.15) is 0 Å². The number of amides is 3. The Bertz CT molecular complexity index is 1400.